The Kier molecular flexibility index (Phi) is 4.18. The van der Waals surface area contributed by atoms with Gasteiger partial charge in [-0.3, -0.25) is 4.79 Å². The van der Waals surface area contributed by atoms with Crippen LogP contribution < -0.4 is 11.1 Å². The minimum absolute atomic E-state index is 0.274. The molecule has 3 N–H and O–H groups in total. The van der Waals surface area contributed by atoms with Crippen molar-refractivity contribution in [2.24, 2.45) is 17.6 Å². The average Bonchev–Trinajstić information content (AvgIpc) is 2.39. The Morgan fingerprint density at radius 2 is 1.81 bits per heavy atom. The highest BCUT2D eigenvalue weighted by Gasteiger charge is 2.28. The molecule has 0 radical (unpaired) electrons. The number of amides is 1. The van der Waals surface area contributed by atoms with E-state index >= 15 is 0 Å². The molecular weight excluding hydrogens is 202 g/mol. The Morgan fingerprint density at radius 3 is 2.38 bits per heavy atom. The van der Waals surface area contributed by atoms with Crippen LogP contribution in [0.5, 0.6) is 0 Å². The molecule has 0 aromatic carbocycles. The van der Waals surface area contributed by atoms with E-state index in [1.807, 2.05) is 0 Å². The monoisotopic (exact) mass is 225 g/mol. The van der Waals surface area contributed by atoms with Crippen LogP contribution in [0.15, 0.2) is 0 Å². The van der Waals surface area contributed by atoms with Gasteiger partial charge in [0.25, 0.3) is 0 Å². The van der Waals surface area contributed by atoms with E-state index in [4.69, 9.17) is 5.73 Å². The van der Waals surface area contributed by atoms with Crippen LogP contribution in [0.4, 0.5) is 0 Å². The molecule has 4 nitrogen and oxygen atoms in total. The van der Waals surface area contributed by atoms with Crippen LogP contribution in [0.2, 0.25) is 0 Å². The third kappa shape index (κ3) is 2.74. The predicted octanol–water partition coefficient (Wildman–Crippen LogP) is 0.183. The van der Waals surface area contributed by atoms with Gasteiger partial charge in [0, 0.05) is 19.0 Å². The molecule has 2 fully saturated rings. The summed E-state index contributed by atoms with van der Waals surface area (Å²) in [7, 11) is 0. The smallest absolute Gasteiger partial charge is 0.225 e. The van der Waals surface area contributed by atoms with Crippen LogP contribution in [-0.2, 0) is 4.79 Å². The Bertz CT molecular complexity index is 230. The molecule has 0 bridgehead atoms. The molecule has 0 aromatic rings. The number of hydrogen-bond donors (Lipinski definition) is 2. The summed E-state index contributed by atoms with van der Waals surface area (Å²) >= 11 is 0. The summed E-state index contributed by atoms with van der Waals surface area (Å²) in [5.74, 6) is 1.30. The summed E-state index contributed by atoms with van der Waals surface area (Å²) in [5.41, 5.74) is 5.66. The number of nitrogens with zero attached hydrogens (tertiary/aromatic N) is 1. The normalized spacial score (nSPS) is 24.7. The van der Waals surface area contributed by atoms with E-state index in [1.54, 1.807) is 0 Å². The first-order valence-electron chi connectivity index (χ1n) is 6.51. The van der Waals surface area contributed by atoms with Gasteiger partial charge in [-0.2, -0.15) is 0 Å². The van der Waals surface area contributed by atoms with Crippen molar-refractivity contribution in [1.82, 2.24) is 10.2 Å². The zero-order chi connectivity index (χ0) is 11.4. The number of piperidine rings is 2. The maximum atomic E-state index is 12.2. The molecule has 16 heavy (non-hydrogen) atoms. The second-order valence-electron chi connectivity index (χ2n) is 5.03. The topological polar surface area (TPSA) is 58.4 Å². The standard InChI is InChI=1S/C12H23N3O/c13-9-10-3-7-15(8-4-10)12(16)11-1-5-14-6-2-11/h10-11,14H,1-9,13H2. The molecule has 0 spiro atoms. The zero-order valence-electron chi connectivity index (χ0n) is 9.95. The maximum absolute atomic E-state index is 12.2. The lowest BCUT2D eigenvalue weighted by Crippen LogP contribution is -2.45. The molecule has 0 saturated carbocycles. The van der Waals surface area contributed by atoms with Gasteiger partial charge < -0.3 is 16.0 Å². The molecular formula is C12H23N3O. The summed E-state index contributed by atoms with van der Waals surface area (Å²) in [5, 5.41) is 3.30. The number of carbonyl (C=O) groups is 1. The minimum Gasteiger partial charge on any atom is -0.342 e. The molecule has 4 heteroatoms. The van der Waals surface area contributed by atoms with Crippen molar-refractivity contribution in [3.63, 3.8) is 0 Å². The first-order valence-corrected chi connectivity index (χ1v) is 6.51. The molecule has 2 saturated heterocycles. The van der Waals surface area contributed by atoms with Crippen LogP contribution in [0.25, 0.3) is 0 Å². The maximum Gasteiger partial charge on any atom is 0.225 e. The second kappa shape index (κ2) is 5.64. The summed E-state index contributed by atoms with van der Waals surface area (Å²) < 4.78 is 0. The van der Waals surface area contributed by atoms with E-state index in [2.05, 4.69) is 10.2 Å². The van der Waals surface area contributed by atoms with Crippen molar-refractivity contribution in [2.75, 3.05) is 32.7 Å². The van der Waals surface area contributed by atoms with Crippen molar-refractivity contribution in [2.45, 2.75) is 25.7 Å². The second-order valence-corrected chi connectivity index (χ2v) is 5.03. The fourth-order valence-corrected chi connectivity index (χ4v) is 2.72. The molecule has 2 rings (SSSR count). The van der Waals surface area contributed by atoms with Gasteiger partial charge in [0.1, 0.15) is 0 Å². The van der Waals surface area contributed by atoms with Crippen LogP contribution >= 0.6 is 0 Å². The quantitative estimate of drug-likeness (QED) is 0.705. The molecule has 1 amide bonds. The fraction of sp³-hybridized carbons (Fsp3) is 0.917. The number of nitrogens with one attached hydrogen (secondary N) is 1. The number of likely N-dealkylation sites (tertiary alicyclic amines) is 1. The van der Waals surface area contributed by atoms with Crippen molar-refractivity contribution >= 4 is 5.91 Å². The Labute approximate surface area is 97.6 Å². The minimum atomic E-state index is 0.274. The lowest BCUT2D eigenvalue weighted by molar-refractivity contribution is -0.137. The Hall–Kier alpha value is -0.610. The van der Waals surface area contributed by atoms with E-state index in [0.29, 0.717) is 11.8 Å². The number of carbonyl (C=O) groups excluding carboxylic acids is 1. The van der Waals surface area contributed by atoms with Crippen LogP contribution in [-0.4, -0.2) is 43.5 Å². The largest absolute Gasteiger partial charge is 0.342 e. The van der Waals surface area contributed by atoms with Gasteiger partial charge in [-0.1, -0.05) is 0 Å². The molecule has 0 unspecified atom stereocenters. The SMILES string of the molecule is NCC1CCN(C(=O)C2CCNCC2)CC1. The molecule has 92 valence electrons. The van der Waals surface area contributed by atoms with Crippen LogP contribution in [0, 0.1) is 11.8 Å². The summed E-state index contributed by atoms with van der Waals surface area (Å²) in [6.07, 6.45) is 4.20. The van der Waals surface area contributed by atoms with Gasteiger partial charge in [0.2, 0.25) is 5.91 Å². The van der Waals surface area contributed by atoms with Gasteiger partial charge in [-0.05, 0) is 51.2 Å². The Morgan fingerprint density at radius 1 is 1.19 bits per heavy atom. The molecule has 0 aliphatic carbocycles. The number of hydrogen-bond acceptors (Lipinski definition) is 3. The van der Waals surface area contributed by atoms with Crippen molar-refractivity contribution < 1.29 is 4.79 Å². The van der Waals surface area contributed by atoms with Gasteiger partial charge >= 0.3 is 0 Å². The molecule has 0 aromatic heterocycles. The average molecular weight is 225 g/mol. The van der Waals surface area contributed by atoms with Crippen molar-refractivity contribution in [1.29, 1.82) is 0 Å². The number of nitrogens with two attached hydrogens (primary N) is 1. The first-order chi connectivity index (χ1) is 7.81. The number of rotatable bonds is 2. The highest BCUT2D eigenvalue weighted by atomic mass is 16.2. The summed E-state index contributed by atoms with van der Waals surface area (Å²) in [4.78, 5) is 14.3. The lowest BCUT2D eigenvalue weighted by Gasteiger charge is -2.35. The van der Waals surface area contributed by atoms with E-state index in [-0.39, 0.29) is 5.92 Å². The van der Waals surface area contributed by atoms with Gasteiger partial charge in [-0.25, -0.2) is 0 Å². The van der Waals surface area contributed by atoms with Gasteiger partial charge in [-0.15, -0.1) is 0 Å². The predicted molar refractivity (Wildman–Crippen MR) is 64.0 cm³/mol. The fourth-order valence-electron chi connectivity index (χ4n) is 2.72. The first kappa shape index (κ1) is 11.9. The summed E-state index contributed by atoms with van der Waals surface area (Å²) in [6, 6.07) is 0. The molecule has 2 aliphatic heterocycles. The van der Waals surface area contributed by atoms with Gasteiger partial charge in [0.05, 0.1) is 0 Å². The summed E-state index contributed by atoms with van der Waals surface area (Å²) in [6.45, 7) is 4.61. The Balaban J connectivity index is 1.81. The highest BCUT2D eigenvalue weighted by molar-refractivity contribution is 5.79. The van der Waals surface area contributed by atoms with Crippen molar-refractivity contribution in [3.8, 4) is 0 Å². The molecule has 0 atom stereocenters. The third-order valence-corrected chi connectivity index (χ3v) is 3.95. The van der Waals surface area contributed by atoms with E-state index in [1.165, 1.54) is 0 Å². The van der Waals surface area contributed by atoms with E-state index in [0.717, 1.165) is 58.4 Å². The lowest BCUT2D eigenvalue weighted by atomic mass is 9.93. The molecule has 2 heterocycles. The van der Waals surface area contributed by atoms with Gasteiger partial charge in [0.15, 0.2) is 0 Å². The van der Waals surface area contributed by atoms with Crippen LogP contribution in [0.1, 0.15) is 25.7 Å². The highest BCUT2D eigenvalue weighted by Crippen LogP contribution is 2.21. The zero-order valence-corrected chi connectivity index (χ0v) is 9.95. The third-order valence-electron chi connectivity index (χ3n) is 3.95. The molecule has 2 aliphatic rings. The van der Waals surface area contributed by atoms with Crippen molar-refractivity contribution in [3.05, 3.63) is 0 Å². The van der Waals surface area contributed by atoms with E-state index < -0.39 is 0 Å². The van der Waals surface area contributed by atoms with E-state index in [9.17, 15) is 4.79 Å². The van der Waals surface area contributed by atoms with Crippen LogP contribution in [0.3, 0.4) is 0 Å².